The zero-order valence-electron chi connectivity index (χ0n) is 16.1. The number of hydrogen-bond donors (Lipinski definition) is 0. The van der Waals surface area contributed by atoms with Crippen LogP contribution in [0.5, 0.6) is 0 Å². The molecule has 4 rings (SSSR count). The summed E-state index contributed by atoms with van der Waals surface area (Å²) in [6.07, 6.45) is 6.87. The Morgan fingerprint density at radius 1 is 1.00 bits per heavy atom. The fraction of sp³-hybridized carbons (Fsp3) is 0.348. The van der Waals surface area contributed by atoms with E-state index in [0.29, 0.717) is 0 Å². The van der Waals surface area contributed by atoms with Gasteiger partial charge in [-0.15, -0.1) is 28.3 Å². The fourth-order valence-electron chi connectivity index (χ4n) is 3.94. The van der Waals surface area contributed by atoms with E-state index < -0.39 is 0 Å². The molecule has 1 aliphatic carbocycles. The van der Waals surface area contributed by atoms with E-state index in [9.17, 15) is 0 Å². The van der Waals surface area contributed by atoms with Crippen molar-refractivity contribution in [1.82, 2.24) is 4.57 Å². The number of halogens is 2. The second-order valence-electron chi connectivity index (χ2n) is 7.19. The Bertz CT molecular complexity index is 950. The monoisotopic (exact) mass is 520 g/mol. The van der Waals surface area contributed by atoms with Gasteiger partial charge in [-0.05, 0) is 61.1 Å². The zero-order valence-corrected chi connectivity index (χ0v) is 20.2. The quantitative estimate of drug-likeness (QED) is 0.332. The maximum Gasteiger partial charge on any atom is 0.190 e. The molecule has 1 aliphatic rings. The van der Waals surface area contributed by atoms with Crippen molar-refractivity contribution in [3.05, 3.63) is 68.7 Å². The van der Waals surface area contributed by atoms with Gasteiger partial charge in [-0.3, -0.25) is 0 Å². The summed E-state index contributed by atoms with van der Waals surface area (Å²) in [5, 5.41) is 2.23. The minimum absolute atomic E-state index is 0. The van der Waals surface area contributed by atoms with E-state index >= 15 is 0 Å². The number of aromatic nitrogens is 1. The van der Waals surface area contributed by atoms with Crippen LogP contribution in [0.4, 0.5) is 5.69 Å². The van der Waals surface area contributed by atoms with Crippen LogP contribution in [0.1, 0.15) is 50.5 Å². The smallest absolute Gasteiger partial charge is 0.190 e. The Hall–Kier alpha value is -1.17. The van der Waals surface area contributed by atoms with Crippen LogP contribution >= 0.6 is 44.2 Å². The Balaban J connectivity index is 0.00000225. The summed E-state index contributed by atoms with van der Waals surface area (Å²) in [6, 6.07) is 17.4. The van der Waals surface area contributed by atoms with E-state index in [1.165, 1.54) is 48.9 Å². The molecule has 0 saturated heterocycles. The van der Waals surface area contributed by atoms with Gasteiger partial charge < -0.3 is 4.57 Å². The van der Waals surface area contributed by atoms with E-state index in [4.69, 9.17) is 4.99 Å². The van der Waals surface area contributed by atoms with E-state index in [1.54, 1.807) is 11.3 Å². The van der Waals surface area contributed by atoms with Crippen LogP contribution in [0.25, 0.3) is 11.3 Å². The molecule has 0 bridgehead atoms. The second-order valence-corrected chi connectivity index (χ2v) is 8.95. The first-order chi connectivity index (χ1) is 13.2. The van der Waals surface area contributed by atoms with Gasteiger partial charge in [0.2, 0.25) is 0 Å². The predicted molar refractivity (Wildman–Crippen MR) is 129 cm³/mol. The van der Waals surface area contributed by atoms with Gasteiger partial charge >= 0.3 is 0 Å². The summed E-state index contributed by atoms with van der Waals surface area (Å²) in [7, 11) is 0. The summed E-state index contributed by atoms with van der Waals surface area (Å²) in [6.45, 7) is 3.10. The lowest BCUT2D eigenvalue weighted by Gasteiger charge is -2.22. The lowest BCUT2D eigenvalue weighted by atomic mass is 9.84. The van der Waals surface area contributed by atoms with Gasteiger partial charge in [0.25, 0.3) is 0 Å². The van der Waals surface area contributed by atoms with Crippen molar-refractivity contribution >= 4 is 49.9 Å². The molecular formula is C23H26Br2N2S. The predicted octanol–water partition coefficient (Wildman–Crippen LogP) is 7.86. The standard InChI is InChI=1S/C23H25BrN2S.BrH/c1-2-26-22(16-27-23(26)25-21-14-12-20(24)13-15-21)19-10-8-18(9-11-19)17-6-4-3-5-7-17;/h8-17H,2-7H2,1H3;1H. The van der Waals surface area contributed by atoms with Gasteiger partial charge in [-0.2, -0.15) is 0 Å². The van der Waals surface area contributed by atoms with Gasteiger partial charge in [0.15, 0.2) is 4.80 Å². The third-order valence-electron chi connectivity index (χ3n) is 5.45. The molecular weight excluding hydrogens is 496 g/mol. The number of rotatable bonds is 4. The lowest BCUT2D eigenvalue weighted by Crippen LogP contribution is -2.14. The first-order valence-electron chi connectivity index (χ1n) is 9.83. The summed E-state index contributed by atoms with van der Waals surface area (Å²) in [5.41, 5.74) is 5.04. The molecule has 2 nitrogen and oxygen atoms in total. The van der Waals surface area contributed by atoms with Crippen molar-refractivity contribution < 1.29 is 0 Å². The van der Waals surface area contributed by atoms with E-state index in [-0.39, 0.29) is 17.0 Å². The molecule has 0 N–H and O–H groups in total. The van der Waals surface area contributed by atoms with Crippen molar-refractivity contribution in [3.8, 4) is 11.3 Å². The van der Waals surface area contributed by atoms with Crippen LogP contribution in [0, 0.1) is 0 Å². The molecule has 2 aromatic carbocycles. The van der Waals surface area contributed by atoms with Gasteiger partial charge in [-0.1, -0.05) is 59.5 Å². The first-order valence-corrected chi connectivity index (χ1v) is 11.5. The first kappa shape index (κ1) is 21.5. The SMILES string of the molecule is Br.CCn1c(-c2ccc(C3CCCCC3)cc2)csc1=Nc1ccc(Br)cc1. The average Bonchev–Trinajstić information content (AvgIpc) is 3.13. The molecule has 0 atom stereocenters. The van der Waals surface area contributed by atoms with Crippen LogP contribution in [-0.2, 0) is 6.54 Å². The Labute approximate surface area is 190 Å². The van der Waals surface area contributed by atoms with E-state index in [0.717, 1.165) is 27.4 Å². The Morgan fingerprint density at radius 2 is 1.68 bits per heavy atom. The molecule has 1 fully saturated rings. The third kappa shape index (κ3) is 4.87. The minimum Gasteiger partial charge on any atom is -0.317 e. The number of benzene rings is 2. The van der Waals surface area contributed by atoms with Crippen LogP contribution in [-0.4, -0.2) is 4.57 Å². The molecule has 1 saturated carbocycles. The molecule has 0 aliphatic heterocycles. The molecule has 0 radical (unpaired) electrons. The van der Waals surface area contributed by atoms with Gasteiger partial charge in [-0.25, -0.2) is 4.99 Å². The molecule has 0 unspecified atom stereocenters. The van der Waals surface area contributed by atoms with Crippen LogP contribution in [0.15, 0.2) is 63.4 Å². The van der Waals surface area contributed by atoms with Crippen molar-refractivity contribution in [2.75, 3.05) is 0 Å². The molecule has 28 heavy (non-hydrogen) atoms. The van der Waals surface area contributed by atoms with E-state index in [1.807, 2.05) is 24.3 Å². The third-order valence-corrected chi connectivity index (χ3v) is 6.84. The molecule has 0 amide bonds. The highest BCUT2D eigenvalue weighted by Gasteiger charge is 2.15. The summed E-state index contributed by atoms with van der Waals surface area (Å²) in [4.78, 5) is 5.90. The van der Waals surface area contributed by atoms with Crippen molar-refractivity contribution in [2.24, 2.45) is 4.99 Å². The highest BCUT2D eigenvalue weighted by atomic mass is 79.9. The Kier molecular flexibility index (Phi) is 7.72. The van der Waals surface area contributed by atoms with Gasteiger partial charge in [0.1, 0.15) is 0 Å². The number of hydrogen-bond acceptors (Lipinski definition) is 2. The number of nitrogens with zero attached hydrogens (tertiary/aromatic N) is 2. The number of thiazole rings is 1. The zero-order chi connectivity index (χ0) is 18.6. The van der Waals surface area contributed by atoms with Crippen molar-refractivity contribution in [1.29, 1.82) is 0 Å². The topological polar surface area (TPSA) is 17.3 Å². The highest BCUT2D eigenvalue weighted by molar-refractivity contribution is 9.10. The fourth-order valence-corrected chi connectivity index (χ4v) is 5.20. The highest BCUT2D eigenvalue weighted by Crippen LogP contribution is 2.33. The van der Waals surface area contributed by atoms with Gasteiger partial charge in [0.05, 0.1) is 11.4 Å². The largest absolute Gasteiger partial charge is 0.317 e. The molecule has 3 aromatic rings. The van der Waals surface area contributed by atoms with Crippen LogP contribution < -0.4 is 4.80 Å². The van der Waals surface area contributed by atoms with Gasteiger partial charge in [0, 0.05) is 16.4 Å². The van der Waals surface area contributed by atoms with Crippen molar-refractivity contribution in [3.63, 3.8) is 0 Å². The summed E-state index contributed by atoms with van der Waals surface area (Å²) in [5.74, 6) is 0.761. The average molecular weight is 522 g/mol. The summed E-state index contributed by atoms with van der Waals surface area (Å²) >= 11 is 5.20. The maximum atomic E-state index is 4.85. The summed E-state index contributed by atoms with van der Waals surface area (Å²) < 4.78 is 3.39. The normalized spacial score (nSPS) is 15.4. The molecule has 1 aromatic heterocycles. The van der Waals surface area contributed by atoms with Crippen LogP contribution in [0.3, 0.4) is 0 Å². The van der Waals surface area contributed by atoms with E-state index in [2.05, 4.69) is 57.1 Å². The van der Waals surface area contributed by atoms with Crippen LogP contribution in [0.2, 0.25) is 0 Å². The Morgan fingerprint density at radius 3 is 2.32 bits per heavy atom. The maximum absolute atomic E-state index is 4.85. The lowest BCUT2D eigenvalue weighted by molar-refractivity contribution is 0.443. The van der Waals surface area contributed by atoms with Crippen molar-refractivity contribution in [2.45, 2.75) is 51.5 Å². The second kappa shape index (κ2) is 10.0. The molecule has 0 spiro atoms. The molecule has 5 heteroatoms. The minimum atomic E-state index is 0. The molecule has 148 valence electrons. The molecule has 1 heterocycles.